The van der Waals surface area contributed by atoms with Gasteiger partial charge in [0, 0.05) is 25.0 Å². The molecule has 2 aromatic rings. The fourth-order valence-corrected chi connectivity index (χ4v) is 3.42. The molecule has 0 atom stereocenters. The Morgan fingerprint density at radius 1 is 1.17 bits per heavy atom. The van der Waals surface area contributed by atoms with Crippen molar-refractivity contribution in [1.29, 1.82) is 0 Å². The monoisotopic (exact) mass is 310 g/mol. The maximum atomic E-state index is 12.4. The van der Waals surface area contributed by atoms with Crippen molar-refractivity contribution in [2.45, 2.75) is 45.6 Å². The highest BCUT2D eigenvalue weighted by Crippen LogP contribution is 2.22. The fraction of sp³-hybridized carbons (Fsp3) is 0.450. The largest absolute Gasteiger partial charge is 0.352 e. The number of amides is 1. The molecule has 1 aliphatic carbocycles. The van der Waals surface area contributed by atoms with Gasteiger partial charge in [0.05, 0.1) is 5.56 Å². The van der Waals surface area contributed by atoms with E-state index in [0.29, 0.717) is 5.92 Å². The van der Waals surface area contributed by atoms with E-state index >= 15 is 0 Å². The predicted octanol–water partition coefficient (Wildman–Crippen LogP) is 4.15. The average molecular weight is 310 g/mol. The minimum atomic E-state index is 0.0606. The Hall–Kier alpha value is -2.03. The van der Waals surface area contributed by atoms with Gasteiger partial charge in [0.15, 0.2) is 0 Å². The second-order valence-electron chi connectivity index (χ2n) is 6.70. The van der Waals surface area contributed by atoms with Gasteiger partial charge in [0.1, 0.15) is 0 Å². The van der Waals surface area contributed by atoms with Crippen molar-refractivity contribution >= 4 is 5.91 Å². The van der Waals surface area contributed by atoms with E-state index < -0.39 is 0 Å². The van der Waals surface area contributed by atoms with Crippen LogP contribution in [0.25, 0.3) is 0 Å². The summed E-state index contributed by atoms with van der Waals surface area (Å²) in [7, 11) is 0. The number of aryl methyl sites for hydroxylation is 1. The first kappa shape index (κ1) is 15.9. The fourth-order valence-electron chi connectivity index (χ4n) is 3.42. The van der Waals surface area contributed by atoms with E-state index in [4.69, 9.17) is 0 Å². The van der Waals surface area contributed by atoms with E-state index in [0.717, 1.165) is 24.3 Å². The van der Waals surface area contributed by atoms with Crippen LogP contribution in [0.15, 0.2) is 42.6 Å². The minimum Gasteiger partial charge on any atom is -0.352 e. The van der Waals surface area contributed by atoms with Crippen molar-refractivity contribution < 1.29 is 4.79 Å². The minimum absolute atomic E-state index is 0.0606. The lowest BCUT2D eigenvalue weighted by Crippen LogP contribution is -2.30. The standard InChI is InChI=1S/C20H26N2O/c1-16-12-19(15-22(16)14-18-10-6-3-7-11-18)20(23)21-13-17-8-4-2-5-9-17/h3,6-7,10-12,15,17H,2,4-5,8-9,13-14H2,1H3,(H,21,23). The van der Waals surface area contributed by atoms with Crippen LogP contribution in [0.2, 0.25) is 0 Å². The average Bonchev–Trinajstić information content (AvgIpc) is 2.95. The topological polar surface area (TPSA) is 34.0 Å². The van der Waals surface area contributed by atoms with Crippen LogP contribution >= 0.6 is 0 Å². The summed E-state index contributed by atoms with van der Waals surface area (Å²) in [5.74, 6) is 0.727. The number of carbonyl (C=O) groups is 1. The van der Waals surface area contributed by atoms with Crippen LogP contribution in [0, 0.1) is 12.8 Å². The van der Waals surface area contributed by atoms with Crippen LogP contribution in [-0.4, -0.2) is 17.0 Å². The lowest BCUT2D eigenvalue weighted by Gasteiger charge is -2.21. The number of rotatable bonds is 5. The summed E-state index contributed by atoms with van der Waals surface area (Å²) in [6.07, 6.45) is 8.47. The number of carbonyl (C=O) groups excluding carboxylic acids is 1. The number of aromatic nitrogens is 1. The van der Waals surface area contributed by atoms with Crippen molar-refractivity contribution in [2.24, 2.45) is 5.92 Å². The molecule has 1 fully saturated rings. The Balaban J connectivity index is 1.59. The van der Waals surface area contributed by atoms with Gasteiger partial charge < -0.3 is 9.88 Å². The molecule has 3 rings (SSSR count). The van der Waals surface area contributed by atoms with Crippen molar-refractivity contribution in [2.75, 3.05) is 6.54 Å². The second-order valence-corrected chi connectivity index (χ2v) is 6.70. The van der Waals surface area contributed by atoms with Gasteiger partial charge in [-0.05, 0) is 37.3 Å². The quantitative estimate of drug-likeness (QED) is 0.884. The summed E-state index contributed by atoms with van der Waals surface area (Å²) in [5.41, 5.74) is 3.14. The first-order chi connectivity index (χ1) is 11.2. The van der Waals surface area contributed by atoms with Gasteiger partial charge in [-0.3, -0.25) is 4.79 Å². The second kappa shape index (κ2) is 7.49. The molecule has 1 amide bonds. The summed E-state index contributed by atoms with van der Waals surface area (Å²) in [6, 6.07) is 12.3. The molecular weight excluding hydrogens is 284 g/mol. The maximum Gasteiger partial charge on any atom is 0.252 e. The third-order valence-electron chi connectivity index (χ3n) is 4.85. The van der Waals surface area contributed by atoms with Crippen molar-refractivity contribution in [3.05, 3.63) is 59.4 Å². The first-order valence-corrected chi connectivity index (χ1v) is 8.71. The zero-order chi connectivity index (χ0) is 16.1. The smallest absolute Gasteiger partial charge is 0.252 e. The highest BCUT2D eigenvalue weighted by atomic mass is 16.1. The molecule has 3 heteroatoms. The lowest BCUT2D eigenvalue weighted by molar-refractivity contribution is 0.0943. The number of hydrogen-bond acceptors (Lipinski definition) is 1. The molecule has 3 nitrogen and oxygen atoms in total. The van der Waals surface area contributed by atoms with Crippen LogP contribution in [0.1, 0.15) is 53.7 Å². The molecule has 0 saturated heterocycles. The van der Waals surface area contributed by atoms with E-state index in [-0.39, 0.29) is 5.91 Å². The number of benzene rings is 1. The number of nitrogens with one attached hydrogen (secondary N) is 1. The van der Waals surface area contributed by atoms with Gasteiger partial charge >= 0.3 is 0 Å². The lowest BCUT2D eigenvalue weighted by atomic mass is 9.89. The molecule has 122 valence electrons. The molecule has 1 aliphatic rings. The number of nitrogens with zero attached hydrogens (tertiary/aromatic N) is 1. The van der Waals surface area contributed by atoms with E-state index in [1.165, 1.54) is 37.7 Å². The molecule has 0 aliphatic heterocycles. The molecule has 1 aromatic heterocycles. The molecule has 0 spiro atoms. The van der Waals surface area contributed by atoms with Gasteiger partial charge in [-0.25, -0.2) is 0 Å². The van der Waals surface area contributed by atoms with E-state index in [9.17, 15) is 4.79 Å². The molecule has 1 N–H and O–H groups in total. The molecular formula is C20H26N2O. The predicted molar refractivity (Wildman–Crippen MR) is 93.6 cm³/mol. The van der Waals surface area contributed by atoms with Crippen LogP contribution in [0.4, 0.5) is 0 Å². The Kier molecular flexibility index (Phi) is 5.16. The molecule has 0 bridgehead atoms. The van der Waals surface area contributed by atoms with Crippen molar-refractivity contribution in [3.63, 3.8) is 0 Å². The summed E-state index contributed by atoms with van der Waals surface area (Å²) < 4.78 is 2.14. The molecule has 23 heavy (non-hydrogen) atoms. The highest BCUT2D eigenvalue weighted by Gasteiger charge is 2.16. The van der Waals surface area contributed by atoms with Gasteiger partial charge in [0.2, 0.25) is 0 Å². The van der Waals surface area contributed by atoms with Crippen molar-refractivity contribution in [1.82, 2.24) is 9.88 Å². The molecule has 0 radical (unpaired) electrons. The normalized spacial score (nSPS) is 15.5. The van der Waals surface area contributed by atoms with Crippen LogP contribution < -0.4 is 5.32 Å². The van der Waals surface area contributed by atoms with E-state index in [2.05, 4.69) is 28.9 Å². The van der Waals surface area contributed by atoms with Gasteiger partial charge in [0.25, 0.3) is 5.91 Å². The number of hydrogen-bond donors (Lipinski definition) is 1. The van der Waals surface area contributed by atoms with Gasteiger partial charge in [-0.2, -0.15) is 0 Å². The Bertz CT molecular complexity index is 639. The molecule has 1 heterocycles. The molecule has 1 aromatic carbocycles. The van der Waals surface area contributed by atoms with Crippen LogP contribution in [0.3, 0.4) is 0 Å². The Morgan fingerprint density at radius 3 is 2.65 bits per heavy atom. The van der Waals surface area contributed by atoms with Crippen molar-refractivity contribution in [3.8, 4) is 0 Å². The van der Waals surface area contributed by atoms with Crippen LogP contribution in [-0.2, 0) is 6.54 Å². The third-order valence-corrected chi connectivity index (χ3v) is 4.85. The molecule has 0 unspecified atom stereocenters. The maximum absolute atomic E-state index is 12.4. The Morgan fingerprint density at radius 2 is 1.91 bits per heavy atom. The van der Waals surface area contributed by atoms with Crippen LogP contribution in [0.5, 0.6) is 0 Å². The van der Waals surface area contributed by atoms with E-state index in [1.54, 1.807) is 0 Å². The van der Waals surface area contributed by atoms with Gasteiger partial charge in [-0.1, -0.05) is 49.6 Å². The Labute approximate surface area is 138 Å². The SMILES string of the molecule is Cc1cc(C(=O)NCC2CCCCC2)cn1Cc1ccccc1. The molecule has 1 saturated carbocycles. The highest BCUT2D eigenvalue weighted by molar-refractivity contribution is 5.94. The summed E-state index contributed by atoms with van der Waals surface area (Å²) in [5, 5.41) is 3.12. The van der Waals surface area contributed by atoms with Gasteiger partial charge in [-0.15, -0.1) is 0 Å². The first-order valence-electron chi connectivity index (χ1n) is 8.71. The zero-order valence-electron chi connectivity index (χ0n) is 13.9. The third kappa shape index (κ3) is 4.25. The summed E-state index contributed by atoms with van der Waals surface area (Å²) in [4.78, 5) is 12.4. The summed E-state index contributed by atoms with van der Waals surface area (Å²) in [6.45, 7) is 3.69. The van der Waals surface area contributed by atoms with E-state index in [1.807, 2.05) is 30.5 Å². The summed E-state index contributed by atoms with van der Waals surface area (Å²) >= 11 is 0. The zero-order valence-corrected chi connectivity index (χ0v) is 13.9.